The average molecular weight is 349 g/mol. The van der Waals surface area contributed by atoms with Crippen molar-refractivity contribution in [3.05, 3.63) is 76.7 Å². The molecule has 3 aromatic rings. The van der Waals surface area contributed by atoms with E-state index in [1.807, 2.05) is 37.3 Å². The summed E-state index contributed by atoms with van der Waals surface area (Å²) in [6, 6.07) is 14.3. The summed E-state index contributed by atoms with van der Waals surface area (Å²) in [6.07, 6.45) is 0. The molecule has 0 saturated heterocycles. The Morgan fingerprint density at radius 3 is 2.73 bits per heavy atom. The van der Waals surface area contributed by atoms with Crippen LogP contribution in [0.4, 0.5) is 5.69 Å². The summed E-state index contributed by atoms with van der Waals surface area (Å²) in [4.78, 5) is 13.2. The number of benzene rings is 2. The molecule has 0 bridgehead atoms. The fourth-order valence-corrected chi connectivity index (χ4v) is 3.42. The molecule has 26 heavy (non-hydrogen) atoms. The van der Waals surface area contributed by atoms with Gasteiger partial charge in [-0.05, 0) is 36.8 Å². The molecule has 0 spiro atoms. The van der Waals surface area contributed by atoms with Gasteiger partial charge in [0.2, 0.25) is 0 Å². The Hall–Kier alpha value is -3.05. The molecule has 1 unspecified atom stereocenters. The Morgan fingerprint density at radius 1 is 1.19 bits per heavy atom. The number of ether oxygens (including phenoxy) is 1. The normalized spacial score (nSPS) is 19.0. The van der Waals surface area contributed by atoms with Crippen molar-refractivity contribution in [3.8, 4) is 5.75 Å². The van der Waals surface area contributed by atoms with Crippen molar-refractivity contribution >= 4 is 22.2 Å². The van der Waals surface area contributed by atoms with E-state index < -0.39 is 11.4 Å². The molecule has 132 valence electrons. The number of likely N-dealkylation sites (N-methyl/N-ethyl adjacent to an activating group) is 1. The summed E-state index contributed by atoms with van der Waals surface area (Å²) >= 11 is 0. The smallest absolute Gasteiger partial charge is 0.336 e. The number of hydrogen-bond acceptors (Lipinski definition) is 5. The standard InChI is InChI=1S/C21H19NO4/c1-13-6-4-5-7-17(13)25-12-21(24)14(2)20-15-8-11-19(23)26-18(15)10-9-16(20)22(21)3/h4-11,24H,2,12H2,1,3H3. The van der Waals surface area contributed by atoms with Crippen molar-refractivity contribution in [2.75, 3.05) is 18.6 Å². The van der Waals surface area contributed by atoms with E-state index >= 15 is 0 Å². The van der Waals surface area contributed by atoms with Crippen molar-refractivity contribution in [3.63, 3.8) is 0 Å². The highest BCUT2D eigenvalue weighted by molar-refractivity contribution is 6.02. The lowest BCUT2D eigenvalue weighted by Gasteiger charge is -2.33. The maximum atomic E-state index is 11.5. The maximum Gasteiger partial charge on any atom is 0.336 e. The lowest BCUT2D eigenvalue weighted by Crippen LogP contribution is -2.48. The minimum absolute atomic E-state index is 0.0279. The number of nitrogens with zero attached hydrogens (tertiary/aromatic N) is 1. The van der Waals surface area contributed by atoms with Crippen LogP contribution in [-0.2, 0) is 0 Å². The zero-order valence-electron chi connectivity index (χ0n) is 14.7. The summed E-state index contributed by atoms with van der Waals surface area (Å²) in [5.41, 5.74) is 1.75. The van der Waals surface area contributed by atoms with Gasteiger partial charge >= 0.3 is 5.63 Å². The predicted octanol–water partition coefficient (Wildman–Crippen LogP) is 3.33. The molecule has 0 aliphatic carbocycles. The van der Waals surface area contributed by atoms with Gasteiger partial charge in [0.15, 0.2) is 5.72 Å². The van der Waals surface area contributed by atoms with Crippen LogP contribution in [0.25, 0.3) is 16.5 Å². The Labute approximate surface area is 150 Å². The van der Waals surface area contributed by atoms with Crippen LogP contribution in [0.15, 0.2) is 64.3 Å². The third-order valence-corrected chi connectivity index (χ3v) is 5.00. The van der Waals surface area contributed by atoms with E-state index in [1.165, 1.54) is 6.07 Å². The van der Waals surface area contributed by atoms with Crippen LogP contribution in [0, 0.1) is 6.92 Å². The molecule has 0 radical (unpaired) electrons. The molecular formula is C21H19NO4. The van der Waals surface area contributed by atoms with E-state index in [1.54, 1.807) is 24.1 Å². The number of rotatable bonds is 3. The molecule has 5 heteroatoms. The SMILES string of the molecule is C=C1c2c(ccc3oc(=O)ccc23)N(C)C1(O)COc1ccccc1C. The molecule has 1 aliphatic rings. The predicted molar refractivity (Wildman–Crippen MR) is 102 cm³/mol. The molecular weight excluding hydrogens is 330 g/mol. The number of aliphatic hydroxyl groups is 1. The third kappa shape index (κ3) is 2.32. The first-order valence-corrected chi connectivity index (χ1v) is 8.33. The van der Waals surface area contributed by atoms with E-state index in [0.717, 1.165) is 22.2 Å². The molecule has 0 amide bonds. The monoisotopic (exact) mass is 349 g/mol. The topological polar surface area (TPSA) is 62.9 Å². The van der Waals surface area contributed by atoms with Gasteiger partial charge in [-0.2, -0.15) is 0 Å². The Bertz CT molecular complexity index is 1080. The minimum Gasteiger partial charge on any atom is -0.488 e. The van der Waals surface area contributed by atoms with Crippen molar-refractivity contribution < 1.29 is 14.3 Å². The average Bonchev–Trinajstić information content (AvgIpc) is 2.83. The number of anilines is 1. The van der Waals surface area contributed by atoms with Gasteiger partial charge in [0, 0.05) is 35.3 Å². The van der Waals surface area contributed by atoms with Crippen LogP contribution in [0.5, 0.6) is 5.75 Å². The van der Waals surface area contributed by atoms with Gasteiger partial charge in [0.05, 0.1) is 0 Å². The second kappa shape index (κ2) is 5.75. The first-order valence-electron chi connectivity index (χ1n) is 8.33. The number of aryl methyl sites for hydroxylation is 1. The van der Waals surface area contributed by atoms with Crippen molar-refractivity contribution in [1.29, 1.82) is 0 Å². The zero-order valence-corrected chi connectivity index (χ0v) is 14.7. The molecule has 1 N–H and O–H groups in total. The molecule has 0 saturated carbocycles. The highest BCUT2D eigenvalue weighted by Crippen LogP contribution is 2.47. The van der Waals surface area contributed by atoms with E-state index in [2.05, 4.69) is 6.58 Å². The lowest BCUT2D eigenvalue weighted by molar-refractivity contribution is 0.0520. The number of para-hydroxylation sites is 1. The molecule has 4 rings (SSSR count). The fourth-order valence-electron chi connectivity index (χ4n) is 3.42. The van der Waals surface area contributed by atoms with Gasteiger partial charge in [0.1, 0.15) is 17.9 Å². The second-order valence-corrected chi connectivity index (χ2v) is 6.53. The highest BCUT2D eigenvalue weighted by atomic mass is 16.5. The van der Waals surface area contributed by atoms with Crippen molar-refractivity contribution in [2.45, 2.75) is 12.6 Å². The summed E-state index contributed by atoms with van der Waals surface area (Å²) in [5, 5.41) is 12.1. The summed E-state index contributed by atoms with van der Waals surface area (Å²) in [6.45, 7) is 6.10. The van der Waals surface area contributed by atoms with Crippen LogP contribution in [0.2, 0.25) is 0 Å². The van der Waals surface area contributed by atoms with Gasteiger partial charge in [-0.15, -0.1) is 0 Å². The minimum atomic E-state index is -1.39. The Kier molecular flexibility index (Phi) is 3.63. The Balaban J connectivity index is 1.74. The number of fused-ring (bicyclic) bond motifs is 3. The summed E-state index contributed by atoms with van der Waals surface area (Å²) in [5.74, 6) is 0.717. The van der Waals surface area contributed by atoms with Crippen LogP contribution < -0.4 is 15.3 Å². The Morgan fingerprint density at radius 2 is 1.96 bits per heavy atom. The van der Waals surface area contributed by atoms with Crippen molar-refractivity contribution in [2.24, 2.45) is 0 Å². The van der Waals surface area contributed by atoms with Gasteiger partial charge in [-0.25, -0.2) is 4.79 Å². The van der Waals surface area contributed by atoms with Gasteiger partial charge in [-0.3, -0.25) is 0 Å². The highest BCUT2D eigenvalue weighted by Gasteiger charge is 2.45. The second-order valence-electron chi connectivity index (χ2n) is 6.53. The van der Waals surface area contributed by atoms with Gasteiger partial charge in [-0.1, -0.05) is 24.8 Å². The fraction of sp³-hybridized carbons (Fsp3) is 0.190. The van der Waals surface area contributed by atoms with Gasteiger partial charge in [0.25, 0.3) is 0 Å². The van der Waals surface area contributed by atoms with Crippen LogP contribution in [-0.4, -0.2) is 24.5 Å². The molecule has 1 atom stereocenters. The van der Waals surface area contributed by atoms with Crippen LogP contribution >= 0.6 is 0 Å². The quantitative estimate of drug-likeness (QED) is 0.735. The van der Waals surface area contributed by atoms with E-state index in [9.17, 15) is 9.90 Å². The molecule has 2 heterocycles. The molecule has 2 aromatic carbocycles. The van der Waals surface area contributed by atoms with Gasteiger partial charge < -0.3 is 19.2 Å². The summed E-state index contributed by atoms with van der Waals surface area (Å²) < 4.78 is 11.2. The summed E-state index contributed by atoms with van der Waals surface area (Å²) in [7, 11) is 1.79. The third-order valence-electron chi connectivity index (χ3n) is 5.00. The van der Waals surface area contributed by atoms with E-state index in [4.69, 9.17) is 9.15 Å². The first-order chi connectivity index (χ1) is 12.4. The van der Waals surface area contributed by atoms with E-state index in [-0.39, 0.29) is 6.61 Å². The van der Waals surface area contributed by atoms with E-state index in [0.29, 0.717) is 16.9 Å². The molecule has 0 fully saturated rings. The zero-order chi connectivity index (χ0) is 18.5. The number of hydrogen-bond donors (Lipinski definition) is 1. The molecule has 1 aliphatic heterocycles. The first kappa shape index (κ1) is 16.4. The molecule has 5 nitrogen and oxygen atoms in total. The molecule has 1 aromatic heterocycles. The van der Waals surface area contributed by atoms with Crippen LogP contribution in [0.3, 0.4) is 0 Å². The van der Waals surface area contributed by atoms with Crippen molar-refractivity contribution in [1.82, 2.24) is 0 Å². The maximum absolute atomic E-state index is 11.5. The lowest BCUT2D eigenvalue weighted by atomic mass is 9.98. The largest absolute Gasteiger partial charge is 0.488 e. The van der Waals surface area contributed by atoms with Crippen LogP contribution in [0.1, 0.15) is 11.1 Å².